The Kier molecular flexibility index (Phi) is 7.59. The average Bonchev–Trinajstić information content (AvgIpc) is 3.24. The number of aliphatic hydroxyl groups excluding tert-OH is 1. The molecule has 0 atom stereocenters. The number of anilines is 2. The summed E-state index contributed by atoms with van der Waals surface area (Å²) in [7, 11) is 0. The van der Waals surface area contributed by atoms with E-state index in [-0.39, 0.29) is 18.2 Å². The van der Waals surface area contributed by atoms with Gasteiger partial charge in [0.25, 0.3) is 0 Å². The summed E-state index contributed by atoms with van der Waals surface area (Å²) in [5, 5.41) is 12.5. The third-order valence-corrected chi connectivity index (χ3v) is 5.19. The summed E-state index contributed by atoms with van der Waals surface area (Å²) in [5.41, 5.74) is 9.70. The van der Waals surface area contributed by atoms with E-state index in [9.17, 15) is 13.9 Å². The number of hydrogen-bond donors (Lipinski definition) is 3. The van der Waals surface area contributed by atoms with Crippen molar-refractivity contribution >= 4 is 22.7 Å². The number of benzene rings is 2. The molecule has 0 spiro atoms. The lowest BCUT2D eigenvalue weighted by Crippen LogP contribution is -2.05. The van der Waals surface area contributed by atoms with Crippen LogP contribution in [-0.4, -0.2) is 24.6 Å². The number of nitrogen functional groups attached to an aromatic ring is 1. The highest BCUT2D eigenvalue weighted by molar-refractivity contribution is 5.71. The molecule has 0 amide bonds. The van der Waals surface area contributed by atoms with Crippen molar-refractivity contribution in [2.45, 2.75) is 19.7 Å². The van der Waals surface area contributed by atoms with E-state index >= 15 is 0 Å². The van der Waals surface area contributed by atoms with Gasteiger partial charge in [0.05, 0.1) is 12.2 Å². The molecule has 9 heteroatoms. The molecule has 5 aromatic rings. The maximum atomic E-state index is 12.9. The van der Waals surface area contributed by atoms with Crippen LogP contribution in [-0.2, 0) is 19.7 Å². The zero-order chi connectivity index (χ0) is 24.6. The van der Waals surface area contributed by atoms with Gasteiger partial charge in [0.2, 0.25) is 0 Å². The smallest absolute Gasteiger partial charge is 0.160 e. The molecule has 0 fully saturated rings. The summed E-state index contributed by atoms with van der Waals surface area (Å²) < 4.78 is 27.4. The molecule has 0 unspecified atom stereocenters. The summed E-state index contributed by atoms with van der Waals surface area (Å²) >= 11 is 0. The first-order chi connectivity index (χ1) is 17.0. The van der Waals surface area contributed by atoms with Crippen LogP contribution in [0.3, 0.4) is 0 Å². The molecule has 2 aromatic carbocycles. The van der Waals surface area contributed by atoms with Crippen LogP contribution >= 0.6 is 0 Å². The van der Waals surface area contributed by atoms with Crippen LogP contribution in [0.2, 0.25) is 0 Å². The number of hydrogen-bond acceptors (Lipinski definition) is 6. The Labute approximate surface area is 200 Å². The number of halogens is 2. The second kappa shape index (κ2) is 11.2. The standard InChI is InChI=1S/C14H12FN3O.C12H12FN3/c15-11-5-3-10(4-6-11)8-18-13(9-19)17-12-2-1-7-16-14(12)18;13-10-5-3-9(4-6-10)8-16-12-11(14)2-1-7-15-12/h1-7,19H,8-9H2;1-7H,8,14H2,(H,15,16). The van der Waals surface area contributed by atoms with Gasteiger partial charge in [-0.15, -0.1) is 0 Å². The summed E-state index contributed by atoms with van der Waals surface area (Å²) in [6, 6.07) is 19.8. The number of nitrogens with one attached hydrogen (secondary N) is 1. The Morgan fingerprint density at radius 2 is 1.46 bits per heavy atom. The average molecular weight is 475 g/mol. The topological polar surface area (TPSA) is 102 Å². The molecule has 35 heavy (non-hydrogen) atoms. The molecule has 0 saturated heterocycles. The van der Waals surface area contributed by atoms with Crippen molar-refractivity contribution in [1.82, 2.24) is 19.5 Å². The Balaban J connectivity index is 0.000000168. The zero-order valence-electron chi connectivity index (χ0n) is 18.8. The van der Waals surface area contributed by atoms with E-state index in [0.717, 1.165) is 22.3 Å². The predicted molar refractivity (Wildman–Crippen MR) is 131 cm³/mol. The summed E-state index contributed by atoms with van der Waals surface area (Å²) in [6.07, 6.45) is 3.36. The van der Waals surface area contributed by atoms with Gasteiger partial charge >= 0.3 is 0 Å². The molecule has 3 aromatic heterocycles. The number of nitrogens with two attached hydrogens (primary N) is 1. The third-order valence-electron chi connectivity index (χ3n) is 5.19. The highest BCUT2D eigenvalue weighted by Gasteiger charge is 2.11. The lowest BCUT2D eigenvalue weighted by molar-refractivity contribution is 0.267. The summed E-state index contributed by atoms with van der Waals surface area (Å²) in [5.74, 6) is 0.700. The molecular weight excluding hydrogens is 450 g/mol. The molecule has 0 radical (unpaired) electrons. The first-order valence-electron chi connectivity index (χ1n) is 10.9. The molecule has 7 nitrogen and oxygen atoms in total. The van der Waals surface area contributed by atoms with Crippen LogP contribution in [0.1, 0.15) is 17.0 Å². The molecule has 0 aliphatic rings. The van der Waals surface area contributed by atoms with Crippen LogP contribution in [0.25, 0.3) is 11.2 Å². The maximum Gasteiger partial charge on any atom is 0.160 e. The lowest BCUT2D eigenvalue weighted by Gasteiger charge is -2.07. The van der Waals surface area contributed by atoms with Crippen molar-refractivity contribution in [2.75, 3.05) is 11.1 Å². The number of fused-ring (bicyclic) bond motifs is 1. The van der Waals surface area contributed by atoms with E-state index in [1.165, 1.54) is 24.3 Å². The van der Waals surface area contributed by atoms with Crippen molar-refractivity contribution in [2.24, 2.45) is 0 Å². The number of imidazole rings is 1. The molecule has 5 rings (SSSR count). The van der Waals surface area contributed by atoms with Gasteiger partial charge in [0.1, 0.15) is 35.4 Å². The summed E-state index contributed by atoms with van der Waals surface area (Å²) in [4.78, 5) is 12.7. The lowest BCUT2D eigenvalue weighted by atomic mass is 10.2. The Hall–Kier alpha value is -4.37. The minimum Gasteiger partial charge on any atom is -0.396 e. The van der Waals surface area contributed by atoms with Gasteiger partial charge in [-0.1, -0.05) is 24.3 Å². The van der Waals surface area contributed by atoms with Crippen LogP contribution in [0.5, 0.6) is 0 Å². The van der Waals surface area contributed by atoms with Crippen molar-refractivity contribution in [3.05, 3.63) is 114 Å². The molecule has 0 aliphatic heterocycles. The van der Waals surface area contributed by atoms with E-state index in [0.29, 0.717) is 30.4 Å². The van der Waals surface area contributed by atoms with Gasteiger partial charge in [0.15, 0.2) is 5.65 Å². The van der Waals surface area contributed by atoms with Gasteiger partial charge in [-0.25, -0.2) is 23.7 Å². The van der Waals surface area contributed by atoms with E-state index < -0.39 is 0 Å². The van der Waals surface area contributed by atoms with Crippen molar-refractivity contribution in [1.29, 1.82) is 0 Å². The largest absolute Gasteiger partial charge is 0.396 e. The fraction of sp³-hybridized carbons (Fsp3) is 0.115. The number of aliphatic hydroxyl groups is 1. The predicted octanol–water partition coefficient (Wildman–Crippen LogP) is 4.53. The van der Waals surface area contributed by atoms with Gasteiger partial charge < -0.3 is 20.7 Å². The number of rotatable bonds is 6. The van der Waals surface area contributed by atoms with E-state index in [1.54, 1.807) is 54.9 Å². The minimum absolute atomic E-state index is 0.155. The minimum atomic E-state index is -0.264. The van der Waals surface area contributed by atoms with Gasteiger partial charge in [-0.05, 0) is 59.7 Å². The highest BCUT2D eigenvalue weighted by Crippen LogP contribution is 2.16. The maximum absolute atomic E-state index is 12.9. The fourth-order valence-corrected chi connectivity index (χ4v) is 3.42. The normalized spacial score (nSPS) is 10.6. The molecular formula is C26H24F2N6O. The van der Waals surface area contributed by atoms with Gasteiger partial charge in [0, 0.05) is 18.9 Å². The Bertz CT molecular complexity index is 1390. The number of nitrogens with zero attached hydrogens (tertiary/aromatic N) is 4. The van der Waals surface area contributed by atoms with Crippen LogP contribution < -0.4 is 11.1 Å². The van der Waals surface area contributed by atoms with E-state index in [1.807, 2.05) is 10.6 Å². The molecule has 0 bridgehead atoms. The second-order valence-corrected chi connectivity index (χ2v) is 7.67. The van der Waals surface area contributed by atoms with E-state index in [2.05, 4.69) is 20.3 Å². The quantitative estimate of drug-likeness (QED) is 0.334. The summed E-state index contributed by atoms with van der Waals surface area (Å²) in [6.45, 7) is 0.919. The van der Waals surface area contributed by atoms with Crippen LogP contribution in [0.15, 0.2) is 85.2 Å². The number of aromatic nitrogens is 4. The molecule has 0 aliphatic carbocycles. The van der Waals surface area contributed by atoms with E-state index in [4.69, 9.17) is 5.73 Å². The van der Waals surface area contributed by atoms with Crippen molar-refractivity contribution in [3.63, 3.8) is 0 Å². The second-order valence-electron chi connectivity index (χ2n) is 7.67. The monoisotopic (exact) mass is 474 g/mol. The zero-order valence-corrected chi connectivity index (χ0v) is 18.8. The first kappa shape index (κ1) is 23.8. The van der Waals surface area contributed by atoms with Crippen molar-refractivity contribution < 1.29 is 13.9 Å². The van der Waals surface area contributed by atoms with Crippen molar-refractivity contribution in [3.8, 4) is 0 Å². The fourth-order valence-electron chi connectivity index (χ4n) is 3.42. The molecule has 3 heterocycles. The van der Waals surface area contributed by atoms with Gasteiger partial charge in [-0.3, -0.25) is 0 Å². The molecule has 178 valence electrons. The highest BCUT2D eigenvalue weighted by atomic mass is 19.1. The van der Waals surface area contributed by atoms with Crippen LogP contribution in [0, 0.1) is 11.6 Å². The molecule has 4 N–H and O–H groups in total. The molecule has 0 saturated carbocycles. The Morgan fingerprint density at radius 1 is 0.829 bits per heavy atom. The third kappa shape index (κ3) is 6.15. The Morgan fingerprint density at radius 3 is 2.11 bits per heavy atom. The number of pyridine rings is 2. The van der Waals surface area contributed by atoms with Crippen LogP contribution in [0.4, 0.5) is 20.3 Å². The van der Waals surface area contributed by atoms with Gasteiger partial charge in [-0.2, -0.15) is 0 Å². The SMILES string of the molecule is Nc1cccnc1NCc1ccc(F)cc1.OCc1nc2cccnc2n1Cc1ccc(F)cc1. The first-order valence-corrected chi connectivity index (χ1v) is 10.9.